The molecule has 0 atom stereocenters. The topological polar surface area (TPSA) is 55.3 Å². The second-order valence-corrected chi connectivity index (χ2v) is 8.29. The molecule has 0 aliphatic carbocycles. The van der Waals surface area contributed by atoms with Crippen LogP contribution in [-0.2, 0) is 21.1 Å². The van der Waals surface area contributed by atoms with Gasteiger partial charge in [0, 0.05) is 44.2 Å². The number of pyridine rings is 1. The van der Waals surface area contributed by atoms with Gasteiger partial charge in [-0.25, -0.2) is 9.83 Å². The summed E-state index contributed by atoms with van der Waals surface area (Å²) in [7, 11) is 0. The third-order valence-electron chi connectivity index (χ3n) is 6.08. The van der Waals surface area contributed by atoms with Crippen molar-refractivity contribution < 1.29 is 26.2 Å². The zero-order chi connectivity index (χ0) is 24.5. The molecule has 6 heteroatoms. The number of para-hydroxylation sites is 2. The minimum Gasteiger partial charge on any atom is -0.507 e. The monoisotopic (exact) mass is 658 g/mol. The van der Waals surface area contributed by atoms with Crippen LogP contribution in [-0.4, -0.2) is 19.6 Å². The zero-order valence-electron chi connectivity index (χ0n) is 19.4. The fraction of sp³-hybridized carbons (Fsp3) is 0. The van der Waals surface area contributed by atoms with Gasteiger partial charge in [0.25, 0.3) is 0 Å². The predicted molar refractivity (Wildman–Crippen MR) is 142 cm³/mol. The number of phenolic OH excluding ortho intramolecular Hbond substituents is 1. The van der Waals surface area contributed by atoms with Crippen LogP contribution in [0.3, 0.4) is 0 Å². The van der Waals surface area contributed by atoms with E-state index < -0.39 is 0 Å². The van der Waals surface area contributed by atoms with Crippen molar-refractivity contribution in [3.05, 3.63) is 127 Å². The Labute approximate surface area is 228 Å². The van der Waals surface area contributed by atoms with Crippen molar-refractivity contribution in [2.45, 2.75) is 0 Å². The summed E-state index contributed by atoms with van der Waals surface area (Å²) in [6.45, 7) is 7.44. The fourth-order valence-corrected chi connectivity index (χ4v) is 4.41. The van der Waals surface area contributed by atoms with Gasteiger partial charge in [0.2, 0.25) is 0 Å². The molecule has 5 nitrogen and oxygen atoms in total. The predicted octanol–water partition coefficient (Wildman–Crippen LogP) is 7.48. The van der Waals surface area contributed by atoms with E-state index in [2.05, 4.69) is 15.9 Å². The number of imidazole rings is 1. The average molecular weight is 659 g/mol. The average Bonchev–Trinajstić information content (AvgIpc) is 3.34. The maximum atomic E-state index is 10.8. The van der Waals surface area contributed by atoms with Crippen LogP contribution in [0, 0.1) is 12.6 Å². The Kier molecular flexibility index (Phi) is 6.68. The van der Waals surface area contributed by atoms with Gasteiger partial charge in [0.1, 0.15) is 11.6 Å². The molecule has 4 aromatic carbocycles. The normalized spacial score (nSPS) is 10.6. The van der Waals surface area contributed by atoms with Crippen LogP contribution >= 0.6 is 0 Å². The Bertz CT molecular complexity index is 1760. The zero-order valence-corrected chi connectivity index (χ0v) is 21.7. The Morgan fingerprint density at radius 2 is 1.57 bits per heavy atom. The number of hydrogen-bond acceptors (Lipinski definition) is 3. The maximum absolute atomic E-state index is 10.8. The Balaban J connectivity index is 0.00000280. The van der Waals surface area contributed by atoms with Crippen LogP contribution in [0.25, 0.3) is 55.3 Å². The largest absolute Gasteiger partial charge is 0.507 e. The van der Waals surface area contributed by atoms with Crippen LogP contribution in [0.15, 0.2) is 109 Å². The molecule has 0 saturated heterocycles. The second-order valence-electron chi connectivity index (χ2n) is 8.29. The van der Waals surface area contributed by atoms with Crippen LogP contribution in [0.5, 0.6) is 5.75 Å². The summed E-state index contributed by atoms with van der Waals surface area (Å²) >= 11 is 0. The van der Waals surface area contributed by atoms with E-state index in [1.165, 1.54) is 0 Å². The quantitative estimate of drug-likeness (QED) is 0.200. The third kappa shape index (κ3) is 4.44. The number of hydrogen-bond donors (Lipinski definition) is 1. The van der Waals surface area contributed by atoms with Crippen LogP contribution in [0.4, 0.5) is 5.69 Å². The summed E-state index contributed by atoms with van der Waals surface area (Å²) in [6.07, 6.45) is 1.77. The van der Waals surface area contributed by atoms with Crippen molar-refractivity contribution in [1.29, 1.82) is 0 Å². The number of aromatic nitrogens is 3. The number of rotatable bonds is 4. The summed E-state index contributed by atoms with van der Waals surface area (Å²) in [4.78, 5) is 13.1. The number of aromatic hydroxyl groups is 1. The van der Waals surface area contributed by atoms with E-state index >= 15 is 0 Å². The molecule has 0 radical (unpaired) electrons. The third-order valence-corrected chi connectivity index (χ3v) is 6.08. The molecule has 0 spiro atoms. The molecule has 0 saturated carbocycles. The first kappa shape index (κ1) is 24.2. The summed E-state index contributed by atoms with van der Waals surface area (Å²) in [6, 6.07) is 36.1. The molecule has 2 aromatic heterocycles. The standard InChI is InChI=1S/C31H19N4O.Pt/c1-32-23-16-17-29(36)26(20-23)31-34-30-25(13-8-15-28(30)35(31)24-11-3-2-4-12-24)21-9-7-10-22(19-21)27-14-5-6-18-33-27;/h2-18,20,36H;/q-1;. The molecule has 0 bridgehead atoms. The van der Waals surface area contributed by atoms with Crippen molar-refractivity contribution in [1.82, 2.24) is 14.5 Å². The molecule has 180 valence electrons. The van der Waals surface area contributed by atoms with E-state index in [9.17, 15) is 5.11 Å². The molecular formula is C31H19N4OPt-. The van der Waals surface area contributed by atoms with Gasteiger partial charge >= 0.3 is 0 Å². The first-order valence-electron chi connectivity index (χ1n) is 11.4. The minimum absolute atomic E-state index is 0. The molecule has 0 unspecified atom stereocenters. The molecular weight excluding hydrogens is 639 g/mol. The van der Waals surface area contributed by atoms with Gasteiger partial charge in [-0.2, -0.15) is 0 Å². The van der Waals surface area contributed by atoms with Gasteiger partial charge in [0.15, 0.2) is 5.69 Å². The van der Waals surface area contributed by atoms with Crippen molar-refractivity contribution in [2.24, 2.45) is 0 Å². The smallest absolute Gasteiger partial charge is 0.188 e. The molecule has 0 aliphatic rings. The minimum atomic E-state index is 0. The molecule has 0 amide bonds. The van der Waals surface area contributed by atoms with Crippen LogP contribution < -0.4 is 0 Å². The van der Waals surface area contributed by atoms with Gasteiger partial charge in [-0.15, -0.1) is 29.8 Å². The van der Waals surface area contributed by atoms with Crippen LogP contribution in [0.2, 0.25) is 0 Å². The first-order valence-corrected chi connectivity index (χ1v) is 11.4. The number of phenols is 1. The van der Waals surface area contributed by atoms with E-state index in [1.54, 1.807) is 24.4 Å². The Morgan fingerprint density at radius 3 is 2.35 bits per heavy atom. The van der Waals surface area contributed by atoms with Gasteiger partial charge < -0.3 is 5.11 Å². The number of nitrogens with zero attached hydrogens (tertiary/aromatic N) is 4. The van der Waals surface area contributed by atoms with Crippen molar-refractivity contribution in [3.8, 4) is 45.2 Å². The fourth-order valence-electron chi connectivity index (χ4n) is 4.41. The number of benzene rings is 4. The van der Waals surface area contributed by atoms with E-state index in [0.29, 0.717) is 17.1 Å². The van der Waals surface area contributed by atoms with E-state index in [-0.39, 0.29) is 26.8 Å². The SMILES string of the molecule is [C-]#[N+]c1ccc(O)c(-c2nc3c(-c4[c-]c(-c5ccccn5)ccc4)cccc3n2-c2ccccc2)c1.[Pt]. The Hall–Kier alpha value is -4.52. The Morgan fingerprint density at radius 1 is 0.784 bits per heavy atom. The molecule has 2 heterocycles. The van der Waals surface area contributed by atoms with E-state index in [1.807, 2.05) is 89.5 Å². The van der Waals surface area contributed by atoms with Crippen molar-refractivity contribution >= 4 is 16.7 Å². The maximum Gasteiger partial charge on any atom is 0.188 e. The van der Waals surface area contributed by atoms with Gasteiger partial charge in [-0.3, -0.25) is 9.55 Å². The van der Waals surface area contributed by atoms with Gasteiger partial charge in [-0.05, 0) is 36.4 Å². The van der Waals surface area contributed by atoms with Crippen molar-refractivity contribution in [2.75, 3.05) is 0 Å². The molecule has 6 rings (SSSR count). The first-order chi connectivity index (χ1) is 17.7. The van der Waals surface area contributed by atoms with Gasteiger partial charge in [-0.1, -0.05) is 59.7 Å². The molecule has 37 heavy (non-hydrogen) atoms. The summed E-state index contributed by atoms with van der Waals surface area (Å²) in [5.41, 5.74) is 7.07. The van der Waals surface area contributed by atoms with Crippen molar-refractivity contribution in [3.63, 3.8) is 0 Å². The molecule has 0 fully saturated rings. The molecule has 6 aromatic rings. The second kappa shape index (κ2) is 10.2. The van der Waals surface area contributed by atoms with E-state index in [0.717, 1.165) is 39.1 Å². The summed E-state index contributed by atoms with van der Waals surface area (Å²) in [5, 5.41) is 10.8. The molecule has 1 N–H and O–H groups in total. The summed E-state index contributed by atoms with van der Waals surface area (Å²) < 4.78 is 2.02. The summed E-state index contributed by atoms with van der Waals surface area (Å²) in [5.74, 6) is 0.632. The molecule has 0 aliphatic heterocycles. The van der Waals surface area contributed by atoms with E-state index in [4.69, 9.17) is 11.6 Å². The van der Waals surface area contributed by atoms with Gasteiger partial charge in [0.05, 0.1) is 17.6 Å². The number of fused-ring (bicyclic) bond motifs is 1. The van der Waals surface area contributed by atoms with Crippen LogP contribution in [0.1, 0.15) is 0 Å².